The van der Waals surface area contributed by atoms with Gasteiger partial charge < -0.3 is 5.32 Å². The van der Waals surface area contributed by atoms with Crippen LogP contribution in [0.1, 0.15) is 11.1 Å². The van der Waals surface area contributed by atoms with Crippen LogP contribution < -0.4 is 10.2 Å². The van der Waals surface area contributed by atoms with Crippen molar-refractivity contribution in [3.63, 3.8) is 0 Å². The van der Waals surface area contributed by atoms with Crippen LogP contribution in [0.25, 0.3) is 0 Å². The maximum absolute atomic E-state index is 13.2. The Morgan fingerprint density at radius 2 is 2.00 bits per heavy atom. The number of carbonyl (C=O) groups excluding carboxylic acids is 2. The van der Waals surface area contributed by atoms with Crippen LogP contribution >= 0.6 is 23.4 Å². The number of nitrogens with one attached hydrogen (secondary N) is 1. The second-order valence-electron chi connectivity index (χ2n) is 6.27. The van der Waals surface area contributed by atoms with E-state index >= 15 is 0 Å². The predicted octanol–water partition coefficient (Wildman–Crippen LogP) is 3.82. The van der Waals surface area contributed by atoms with Gasteiger partial charge in [0.05, 0.1) is 5.25 Å². The second-order valence-corrected chi connectivity index (χ2v) is 7.87. The van der Waals surface area contributed by atoms with Gasteiger partial charge in [0.25, 0.3) is 5.91 Å². The van der Waals surface area contributed by atoms with E-state index in [0.717, 1.165) is 11.1 Å². The molecule has 3 rings (SSSR count). The summed E-state index contributed by atoms with van der Waals surface area (Å²) in [7, 11) is 1.46. The number of aryl methyl sites for hydroxylation is 1. The first-order valence-corrected chi connectivity index (χ1v) is 9.89. The molecule has 2 aromatic carbocycles. The molecule has 7 heteroatoms. The summed E-state index contributed by atoms with van der Waals surface area (Å²) in [5.74, 6) is -0.683. The molecule has 1 fully saturated rings. The van der Waals surface area contributed by atoms with E-state index in [-0.39, 0.29) is 11.5 Å². The highest BCUT2D eigenvalue weighted by Gasteiger charge is 2.40. The van der Waals surface area contributed by atoms with Crippen LogP contribution in [0, 0.1) is 18.3 Å². The topological polar surface area (TPSA) is 73.2 Å². The number of amides is 2. The van der Waals surface area contributed by atoms with Gasteiger partial charge in [-0.15, -0.1) is 0 Å². The lowest BCUT2D eigenvalue weighted by molar-refractivity contribution is -0.117. The van der Waals surface area contributed by atoms with Gasteiger partial charge in [0.2, 0.25) is 5.91 Å². The number of nitrogens with zero attached hydrogens (tertiary/aromatic N) is 2. The van der Waals surface area contributed by atoms with Crippen LogP contribution in [-0.2, 0) is 16.0 Å². The van der Waals surface area contributed by atoms with E-state index in [9.17, 15) is 14.9 Å². The fourth-order valence-corrected chi connectivity index (χ4v) is 4.41. The van der Waals surface area contributed by atoms with E-state index in [0.29, 0.717) is 22.2 Å². The van der Waals surface area contributed by atoms with Gasteiger partial charge in [0.15, 0.2) is 0 Å². The highest BCUT2D eigenvalue weighted by Crippen LogP contribution is 2.42. The van der Waals surface area contributed by atoms with E-state index in [1.807, 2.05) is 49.4 Å². The molecule has 0 aromatic heterocycles. The van der Waals surface area contributed by atoms with Crippen LogP contribution in [0.15, 0.2) is 59.1 Å². The minimum absolute atomic E-state index is 0.0749. The Labute approximate surface area is 173 Å². The molecule has 1 aliphatic heterocycles. The summed E-state index contributed by atoms with van der Waals surface area (Å²) in [6, 6.07) is 16.7. The lowest BCUT2D eigenvalue weighted by Gasteiger charge is -2.18. The third-order valence-corrected chi connectivity index (χ3v) is 6.07. The molecule has 2 amide bonds. The first-order chi connectivity index (χ1) is 13.5. The number of likely N-dealkylation sites (N-methyl/N-ethyl adjacent to an activating group) is 1. The number of halogens is 1. The monoisotopic (exact) mass is 411 g/mol. The Morgan fingerprint density at radius 3 is 2.61 bits per heavy atom. The third kappa shape index (κ3) is 3.91. The number of para-hydroxylation sites is 1. The summed E-state index contributed by atoms with van der Waals surface area (Å²) in [5, 5.41) is 12.6. The van der Waals surface area contributed by atoms with Gasteiger partial charge in [-0.25, -0.2) is 0 Å². The summed E-state index contributed by atoms with van der Waals surface area (Å²) in [5.41, 5.74) is 2.44. The number of anilines is 1. The first kappa shape index (κ1) is 20.0. The molecular formula is C21H18ClN3O2S. The zero-order valence-corrected chi connectivity index (χ0v) is 17.0. The maximum Gasteiger partial charge on any atom is 0.264 e. The predicted molar refractivity (Wildman–Crippen MR) is 112 cm³/mol. The molecule has 2 aromatic rings. The van der Waals surface area contributed by atoms with Gasteiger partial charge in [-0.05, 0) is 42.7 Å². The summed E-state index contributed by atoms with van der Waals surface area (Å²) in [6.07, 6.45) is 0.447. The minimum Gasteiger partial charge on any atom is -0.354 e. The highest BCUT2D eigenvalue weighted by molar-refractivity contribution is 8.05. The lowest BCUT2D eigenvalue weighted by Crippen LogP contribution is -2.31. The molecule has 0 saturated carbocycles. The number of nitriles is 1. The van der Waals surface area contributed by atoms with Gasteiger partial charge in [-0.3, -0.25) is 14.5 Å². The summed E-state index contributed by atoms with van der Waals surface area (Å²) < 4.78 is 0. The Morgan fingerprint density at radius 1 is 1.29 bits per heavy atom. The summed E-state index contributed by atoms with van der Waals surface area (Å²) >= 11 is 7.45. The smallest absolute Gasteiger partial charge is 0.264 e. The molecule has 1 heterocycles. The minimum atomic E-state index is -0.516. The summed E-state index contributed by atoms with van der Waals surface area (Å²) in [4.78, 5) is 26.9. The van der Waals surface area contributed by atoms with E-state index in [4.69, 9.17) is 11.6 Å². The molecule has 1 atom stereocenters. The molecule has 0 radical (unpaired) electrons. The first-order valence-electron chi connectivity index (χ1n) is 8.63. The maximum atomic E-state index is 13.2. The van der Waals surface area contributed by atoms with Crippen molar-refractivity contribution in [2.24, 2.45) is 0 Å². The number of thioether (sulfide) groups is 1. The Balaban J connectivity index is 2.02. The molecule has 0 bridgehead atoms. The van der Waals surface area contributed by atoms with Crippen molar-refractivity contribution in [1.29, 1.82) is 5.26 Å². The van der Waals surface area contributed by atoms with Crippen molar-refractivity contribution in [2.45, 2.75) is 18.6 Å². The quantitative estimate of drug-likeness (QED) is 0.613. The van der Waals surface area contributed by atoms with E-state index < -0.39 is 11.2 Å². The zero-order valence-electron chi connectivity index (χ0n) is 15.4. The fourth-order valence-electron chi connectivity index (χ4n) is 2.90. The molecule has 1 N–H and O–H groups in total. The van der Waals surface area contributed by atoms with Gasteiger partial charge in [0.1, 0.15) is 16.7 Å². The number of hydrogen-bond acceptors (Lipinski definition) is 4. The molecule has 1 saturated heterocycles. The zero-order chi connectivity index (χ0) is 20.3. The number of carbonyl (C=O) groups is 2. The van der Waals surface area contributed by atoms with E-state index in [1.54, 1.807) is 12.1 Å². The highest BCUT2D eigenvalue weighted by atomic mass is 35.5. The molecular weight excluding hydrogens is 394 g/mol. The number of hydrogen-bond donors (Lipinski definition) is 1. The second kappa shape index (κ2) is 8.51. The largest absolute Gasteiger partial charge is 0.354 e. The van der Waals surface area contributed by atoms with Gasteiger partial charge in [-0.2, -0.15) is 5.26 Å². The van der Waals surface area contributed by atoms with Gasteiger partial charge in [-0.1, -0.05) is 53.7 Å². The molecule has 28 heavy (non-hydrogen) atoms. The Hall–Kier alpha value is -2.75. The Bertz CT molecular complexity index is 998. The standard InChI is InChI=1S/C21H18ClN3O2S/c1-13-8-9-14(10-17(13)22)11-18-20(27)25(15-6-4-3-5-7-15)21(28-18)16(12-23)19(26)24-2/h3-10,18H,11H2,1-2H3,(H,24,26)/b21-16+/t18-/m1/s1. The fraction of sp³-hybridized carbons (Fsp3) is 0.190. The SMILES string of the molecule is CNC(=O)/C(C#N)=C1/S[C@H](Cc2ccc(C)c(Cl)c2)C(=O)N1c1ccccc1. The third-order valence-electron chi connectivity index (χ3n) is 4.40. The molecule has 0 spiro atoms. The van der Waals surface area contributed by atoms with Crippen LogP contribution in [0.2, 0.25) is 5.02 Å². The lowest BCUT2D eigenvalue weighted by atomic mass is 10.1. The number of rotatable bonds is 4. The molecule has 1 aliphatic rings. The van der Waals surface area contributed by atoms with Crippen molar-refractivity contribution in [3.8, 4) is 6.07 Å². The van der Waals surface area contributed by atoms with Crippen molar-refractivity contribution < 1.29 is 9.59 Å². The van der Waals surface area contributed by atoms with Crippen LogP contribution in [0.5, 0.6) is 0 Å². The van der Waals surface area contributed by atoms with E-state index in [2.05, 4.69) is 5.32 Å². The average molecular weight is 412 g/mol. The van der Waals surface area contributed by atoms with Crippen LogP contribution in [0.3, 0.4) is 0 Å². The number of benzene rings is 2. The molecule has 0 aliphatic carbocycles. The van der Waals surface area contributed by atoms with Crippen LogP contribution in [0.4, 0.5) is 5.69 Å². The van der Waals surface area contributed by atoms with Gasteiger partial charge >= 0.3 is 0 Å². The van der Waals surface area contributed by atoms with Crippen molar-refractivity contribution in [2.75, 3.05) is 11.9 Å². The molecule has 5 nitrogen and oxygen atoms in total. The summed E-state index contributed by atoms with van der Waals surface area (Å²) in [6.45, 7) is 1.92. The van der Waals surface area contributed by atoms with Crippen molar-refractivity contribution in [1.82, 2.24) is 5.32 Å². The van der Waals surface area contributed by atoms with Crippen molar-refractivity contribution >= 4 is 40.9 Å². The molecule has 0 unspecified atom stereocenters. The average Bonchev–Trinajstić information content (AvgIpc) is 3.01. The van der Waals surface area contributed by atoms with E-state index in [1.165, 1.54) is 23.7 Å². The normalized spacial score (nSPS) is 18.0. The van der Waals surface area contributed by atoms with Gasteiger partial charge in [0, 0.05) is 17.8 Å². The molecule has 142 valence electrons. The Kier molecular flexibility index (Phi) is 6.08. The van der Waals surface area contributed by atoms with Crippen molar-refractivity contribution in [3.05, 3.63) is 75.3 Å². The van der Waals surface area contributed by atoms with Crippen LogP contribution in [-0.4, -0.2) is 24.1 Å².